The van der Waals surface area contributed by atoms with Crippen molar-refractivity contribution in [3.05, 3.63) is 182 Å². The van der Waals surface area contributed by atoms with Gasteiger partial charge in [-0.3, -0.25) is 4.79 Å². The number of alkyl halides is 1. The summed E-state index contributed by atoms with van der Waals surface area (Å²) in [5.41, 5.74) is -12.7. The van der Waals surface area contributed by atoms with E-state index in [0.29, 0.717) is 5.56 Å². The molecule has 326 valence electrons. The highest BCUT2D eigenvalue weighted by molar-refractivity contribution is 7.20. The summed E-state index contributed by atoms with van der Waals surface area (Å²) in [7, 11) is 0. The molecule has 0 radical (unpaired) electrons. The Hall–Kier alpha value is -6.49. The lowest BCUT2D eigenvalue weighted by Gasteiger charge is -2.44. The lowest BCUT2D eigenvalue weighted by molar-refractivity contribution is -0.688. The highest BCUT2D eigenvalue weighted by Crippen LogP contribution is 2.30. The van der Waals surface area contributed by atoms with E-state index in [0.717, 1.165) is 6.54 Å². The lowest BCUT2D eigenvalue weighted by atomic mass is 9.12. The minimum absolute atomic E-state index is 0.414. The molecule has 0 bridgehead atoms. The maximum atomic E-state index is 15.4. The molecule has 1 heterocycles. The van der Waals surface area contributed by atoms with Crippen molar-refractivity contribution in [3.63, 3.8) is 0 Å². The molecule has 2 nitrogen and oxygen atoms in total. The highest BCUT2D eigenvalue weighted by Gasteiger charge is 2.52. The highest BCUT2D eigenvalue weighted by atomic mass is 19.2. The first-order valence-corrected chi connectivity index (χ1v) is 16.4. The number of halogens is 21. The summed E-state index contributed by atoms with van der Waals surface area (Å²) in [5, 5.41) is 0. The van der Waals surface area contributed by atoms with Crippen LogP contribution in [0.15, 0.2) is 54.9 Å². The average Bonchev–Trinajstić information content (AvgIpc) is 3.26. The number of carbonyl (C=O) groups excluding carboxylic acids is 1. The Labute approximate surface area is 331 Å². The van der Waals surface area contributed by atoms with Gasteiger partial charge in [-0.1, -0.05) is 30.3 Å². The number of hydrogen-bond donors (Lipinski definition) is 0. The molecule has 0 saturated carbocycles. The third-order valence-corrected chi connectivity index (χ3v) is 9.25. The second-order valence-corrected chi connectivity index (χ2v) is 12.6. The Bertz CT molecular complexity index is 2380. The number of hydrogen-bond acceptors (Lipinski definition) is 1. The Kier molecular flexibility index (Phi) is 13.1. The van der Waals surface area contributed by atoms with Crippen molar-refractivity contribution in [2.75, 3.05) is 6.67 Å². The van der Waals surface area contributed by atoms with Gasteiger partial charge in [-0.2, -0.15) is 0 Å². The third-order valence-electron chi connectivity index (χ3n) is 9.25. The smallest absolute Gasteiger partial charge is 0.200 e. The fraction of sp³-hybridized carbons (Fsp3) is 0.0526. The second-order valence-electron chi connectivity index (χ2n) is 12.6. The van der Waals surface area contributed by atoms with Crippen LogP contribution in [0.1, 0.15) is 15.9 Å². The van der Waals surface area contributed by atoms with E-state index in [4.69, 9.17) is 0 Å². The molecule has 0 fully saturated rings. The molecule has 5 aromatic carbocycles. The molecule has 0 amide bonds. The summed E-state index contributed by atoms with van der Waals surface area (Å²) >= 11 is 0. The van der Waals surface area contributed by atoms with Gasteiger partial charge in [-0.25, -0.2) is 96.8 Å². The quantitative estimate of drug-likeness (QED) is 0.0379. The van der Waals surface area contributed by atoms with Crippen LogP contribution in [0, 0.1) is 116 Å². The number of aromatic nitrogens is 1. The van der Waals surface area contributed by atoms with Crippen LogP contribution in [0.4, 0.5) is 92.2 Å². The second kappa shape index (κ2) is 17.5. The normalized spacial score (nSPS) is 11.5. The number of pyridine rings is 1. The maximum absolute atomic E-state index is 15.4. The molecular formula is C38H13BF21NO. The monoisotopic (exact) mass is 909 g/mol. The molecule has 0 N–H and O–H groups in total. The summed E-state index contributed by atoms with van der Waals surface area (Å²) < 4.78 is 308. The van der Waals surface area contributed by atoms with Gasteiger partial charge >= 0.3 is 0 Å². The van der Waals surface area contributed by atoms with E-state index < -0.39 is 157 Å². The van der Waals surface area contributed by atoms with Crippen LogP contribution >= 0.6 is 0 Å². The molecule has 0 aliphatic carbocycles. The van der Waals surface area contributed by atoms with Crippen molar-refractivity contribution >= 4 is 33.8 Å². The molecule has 0 atom stereocenters. The molecule has 0 saturated heterocycles. The number of rotatable bonds is 8. The zero-order valence-electron chi connectivity index (χ0n) is 29.5. The van der Waals surface area contributed by atoms with Gasteiger partial charge < -0.3 is 0 Å². The van der Waals surface area contributed by atoms with Crippen LogP contribution in [-0.4, -0.2) is 18.6 Å². The van der Waals surface area contributed by atoms with Crippen LogP contribution in [0.25, 0.3) is 0 Å². The van der Waals surface area contributed by atoms with Crippen LogP contribution in [-0.2, 0) is 6.54 Å². The zero-order chi connectivity index (χ0) is 46.4. The van der Waals surface area contributed by atoms with Crippen molar-refractivity contribution in [3.8, 4) is 0 Å². The number of carbonyl (C=O) groups is 1. The molecule has 0 aliphatic heterocycles. The summed E-state index contributed by atoms with van der Waals surface area (Å²) in [4.78, 5) is 11.1. The fourth-order valence-electron chi connectivity index (χ4n) is 6.49. The Morgan fingerprint density at radius 1 is 0.371 bits per heavy atom. The van der Waals surface area contributed by atoms with E-state index in [1.54, 1.807) is 24.5 Å². The van der Waals surface area contributed by atoms with E-state index in [1.165, 1.54) is 5.56 Å². The Balaban J connectivity index is 0.000000355. The van der Waals surface area contributed by atoms with E-state index in [9.17, 15) is 61.9 Å². The minimum atomic E-state index is -7.22. The van der Waals surface area contributed by atoms with E-state index >= 15 is 35.1 Å². The van der Waals surface area contributed by atoms with Crippen LogP contribution < -0.4 is 26.4 Å². The minimum Gasteiger partial charge on any atom is -0.291 e. The molecule has 6 aromatic rings. The SMILES string of the molecule is Fc1c(F)c(F)c([B-](c2c(F)c(F)c(F)c(F)c2F)(c2c(F)c(F)c(F)c(F)c2F)c2c(F)c(F)c(F)c(F)c2F)c(F)c1F.O=C(CF)c1cc[n+](Cc2ccccc2)cc1. The molecule has 6 rings (SSSR count). The molecule has 0 unspecified atom stereocenters. The zero-order valence-corrected chi connectivity index (χ0v) is 29.5. The topological polar surface area (TPSA) is 20.9 Å². The van der Waals surface area contributed by atoms with Gasteiger partial charge in [-0.05, 0) is 0 Å². The van der Waals surface area contributed by atoms with E-state index in [2.05, 4.69) is 0 Å². The van der Waals surface area contributed by atoms with E-state index in [-0.39, 0.29) is 0 Å². The van der Waals surface area contributed by atoms with E-state index in [1.807, 2.05) is 34.9 Å². The number of ketones is 1. The predicted octanol–water partition coefficient (Wildman–Crippen LogP) is 8.02. The van der Waals surface area contributed by atoms with Gasteiger partial charge in [0, 0.05) is 23.3 Å². The van der Waals surface area contributed by atoms with Gasteiger partial charge in [0.15, 0.2) is 101 Å². The summed E-state index contributed by atoms with van der Waals surface area (Å²) in [6.07, 6.45) is -3.64. The lowest BCUT2D eigenvalue weighted by Crippen LogP contribution is -2.81. The van der Waals surface area contributed by atoms with Gasteiger partial charge in [0.1, 0.15) is 52.7 Å². The van der Waals surface area contributed by atoms with Crippen molar-refractivity contribution in [1.29, 1.82) is 0 Å². The largest absolute Gasteiger partial charge is 0.291 e. The van der Waals surface area contributed by atoms with Crippen molar-refractivity contribution in [2.45, 2.75) is 6.54 Å². The molecule has 0 spiro atoms. The number of Topliss-reactive ketones (excluding diaryl/α,β-unsaturated/α-hetero) is 1. The molecule has 62 heavy (non-hydrogen) atoms. The third kappa shape index (κ3) is 7.37. The number of nitrogens with zero attached hydrogens (tertiary/aromatic N) is 1. The van der Waals surface area contributed by atoms with Gasteiger partial charge in [0.05, 0.1) is 0 Å². The fourth-order valence-corrected chi connectivity index (χ4v) is 6.49. The van der Waals surface area contributed by atoms with Gasteiger partial charge in [0.2, 0.25) is 0 Å². The summed E-state index contributed by atoms with van der Waals surface area (Å²) in [6.45, 7) is -0.201. The van der Waals surface area contributed by atoms with Crippen LogP contribution in [0.3, 0.4) is 0 Å². The van der Waals surface area contributed by atoms with Gasteiger partial charge in [0.25, 0.3) is 0 Å². The summed E-state index contributed by atoms with van der Waals surface area (Å²) in [6, 6.07) is 13.3. The van der Waals surface area contributed by atoms with Crippen LogP contribution in [0.2, 0.25) is 0 Å². The summed E-state index contributed by atoms with van der Waals surface area (Å²) in [5.74, 6) is -71.9. The Morgan fingerprint density at radius 3 is 0.855 bits per heavy atom. The maximum Gasteiger partial charge on any atom is 0.200 e. The first kappa shape index (κ1) is 46.6. The van der Waals surface area contributed by atoms with Crippen molar-refractivity contribution in [1.82, 2.24) is 0 Å². The molecule has 24 heteroatoms. The first-order valence-electron chi connectivity index (χ1n) is 16.4. The first-order chi connectivity index (χ1) is 29.0. The average molecular weight is 909 g/mol. The van der Waals surface area contributed by atoms with Crippen molar-refractivity contribution < 1.29 is 102 Å². The van der Waals surface area contributed by atoms with Gasteiger partial charge in [-0.15, -0.1) is 21.9 Å². The molecular weight excluding hydrogens is 896 g/mol. The Morgan fingerprint density at radius 2 is 0.613 bits per heavy atom. The predicted molar refractivity (Wildman–Crippen MR) is 172 cm³/mol. The number of benzene rings is 5. The van der Waals surface area contributed by atoms with Crippen LogP contribution in [0.5, 0.6) is 0 Å². The van der Waals surface area contributed by atoms with Crippen molar-refractivity contribution in [2.24, 2.45) is 0 Å². The molecule has 0 aliphatic rings. The standard InChI is InChI=1S/C24BF20.C14H13FNO/c26-5-1(6(27)14(35)21(42)13(5)34)25(2-7(28)15(36)22(43)16(37)8(2)29,3-9(30)17(38)23(44)18(39)10(3)31)4-11(32)19(40)24(45)20(41)12(4)33;15-10-14(17)13-6-8-16(9-7-13)11-12-4-2-1-3-5-12/h;1-9H,10-11H2/q-1;+1. The molecule has 1 aromatic heterocycles.